The second-order valence-corrected chi connectivity index (χ2v) is 10.5. The molecular weight excluding hydrogens is 498 g/mol. The molecule has 0 fully saturated rings. The Hall–Kier alpha value is -3.52. The molecule has 2 N–H and O–H groups in total. The average molecular weight is 536 g/mol. The fraction of sp³-hybridized carbons (Fsp3) is 0.367. The predicted molar refractivity (Wildman–Crippen MR) is 155 cm³/mol. The number of fused-ring (bicyclic) bond motifs is 1. The summed E-state index contributed by atoms with van der Waals surface area (Å²) < 4.78 is 5.35. The van der Waals surface area contributed by atoms with Crippen LogP contribution >= 0.6 is 12.6 Å². The van der Waals surface area contributed by atoms with Crippen molar-refractivity contribution in [3.8, 4) is 0 Å². The van der Waals surface area contributed by atoms with E-state index < -0.39 is 29.7 Å². The number of hydrogen-bond acceptors (Lipinski definition) is 5. The van der Waals surface area contributed by atoms with Gasteiger partial charge in [-0.2, -0.15) is 12.6 Å². The molecule has 0 spiro atoms. The van der Waals surface area contributed by atoms with E-state index in [4.69, 9.17) is 4.74 Å². The monoisotopic (exact) mass is 535 g/mol. The van der Waals surface area contributed by atoms with Crippen LogP contribution in [0.3, 0.4) is 0 Å². The van der Waals surface area contributed by atoms with Gasteiger partial charge in [-0.3, -0.25) is 9.59 Å². The fourth-order valence-electron chi connectivity index (χ4n) is 4.12. The highest BCUT2D eigenvalue weighted by molar-refractivity contribution is 7.80. The SMILES string of the molecule is CCCCN(C(=O)C(CS)NC(=O)OC(C)(C)C)C(C(=O)Nc1ccc2ccccc2c1)c1ccccc1. The molecule has 0 bridgehead atoms. The number of benzene rings is 3. The zero-order valence-electron chi connectivity index (χ0n) is 22.4. The predicted octanol–water partition coefficient (Wildman–Crippen LogP) is 5.97. The number of rotatable bonds is 10. The number of thiol groups is 1. The molecule has 3 aromatic carbocycles. The van der Waals surface area contributed by atoms with E-state index in [1.54, 1.807) is 20.8 Å². The second-order valence-electron chi connectivity index (χ2n) is 10.1. The Morgan fingerprint density at radius 3 is 2.24 bits per heavy atom. The van der Waals surface area contributed by atoms with Crippen molar-refractivity contribution in [3.63, 3.8) is 0 Å². The highest BCUT2D eigenvalue weighted by Gasteiger charge is 2.35. The fourth-order valence-corrected chi connectivity index (χ4v) is 4.36. The smallest absolute Gasteiger partial charge is 0.408 e. The number of amides is 3. The first-order valence-electron chi connectivity index (χ1n) is 12.9. The van der Waals surface area contributed by atoms with Crippen molar-refractivity contribution in [1.82, 2.24) is 10.2 Å². The van der Waals surface area contributed by atoms with Gasteiger partial charge in [0.2, 0.25) is 5.91 Å². The third kappa shape index (κ3) is 7.99. The molecule has 0 aliphatic heterocycles. The lowest BCUT2D eigenvalue weighted by Gasteiger charge is -2.34. The van der Waals surface area contributed by atoms with Gasteiger partial charge in [0.1, 0.15) is 17.7 Å². The summed E-state index contributed by atoms with van der Waals surface area (Å²) in [4.78, 5) is 41.7. The van der Waals surface area contributed by atoms with Crippen LogP contribution in [0.5, 0.6) is 0 Å². The van der Waals surface area contributed by atoms with Crippen LogP contribution in [0.4, 0.5) is 10.5 Å². The standard InChI is InChI=1S/C30H37N3O4S/c1-5-6-18-33(28(35)25(20-38)32-29(36)37-30(2,3)4)26(22-13-8-7-9-14-22)27(34)31-24-17-16-21-12-10-11-15-23(21)19-24/h7-17,19,25-26,38H,5-6,18,20H2,1-4H3,(H,31,34)(H,32,36). The summed E-state index contributed by atoms with van der Waals surface area (Å²) in [6, 6.07) is 20.9. The molecule has 0 saturated carbocycles. The molecule has 8 heteroatoms. The third-order valence-corrected chi connectivity index (χ3v) is 6.26. The van der Waals surface area contributed by atoms with Crippen molar-refractivity contribution >= 4 is 47.0 Å². The zero-order chi connectivity index (χ0) is 27.7. The van der Waals surface area contributed by atoms with Crippen molar-refractivity contribution in [2.45, 2.75) is 58.2 Å². The van der Waals surface area contributed by atoms with E-state index >= 15 is 0 Å². The Balaban J connectivity index is 1.94. The molecule has 38 heavy (non-hydrogen) atoms. The van der Waals surface area contributed by atoms with E-state index in [1.165, 1.54) is 4.90 Å². The number of nitrogens with zero attached hydrogens (tertiary/aromatic N) is 1. The summed E-state index contributed by atoms with van der Waals surface area (Å²) >= 11 is 4.33. The van der Waals surface area contributed by atoms with Crippen LogP contribution in [0.1, 0.15) is 52.1 Å². The lowest BCUT2D eigenvalue weighted by atomic mass is 10.0. The van der Waals surface area contributed by atoms with Gasteiger partial charge in [-0.25, -0.2) is 4.79 Å². The van der Waals surface area contributed by atoms with Crippen LogP contribution < -0.4 is 10.6 Å². The maximum Gasteiger partial charge on any atom is 0.408 e. The maximum absolute atomic E-state index is 13.9. The molecule has 0 aromatic heterocycles. The summed E-state index contributed by atoms with van der Waals surface area (Å²) in [5.41, 5.74) is 0.586. The van der Waals surface area contributed by atoms with Crippen molar-refractivity contribution in [3.05, 3.63) is 78.4 Å². The first kappa shape index (κ1) is 29.0. The number of anilines is 1. The van der Waals surface area contributed by atoms with Gasteiger partial charge in [0, 0.05) is 18.0 Å². The number of carbonyl (C=O) groups excluding carboxylic acids is 3. The van der Waals surface area contributed by atoms with E-state index in [0.717, 1.165) is 17.2 Å². The molecular formula is C30H37N3O4S. The summed E-state index contributed by atoms with van der Waals surface area (Å²) in [5.74, 6) is -0.693. The summed E-state index contributed by atoms with van der Waals surface area (Å²) in [6.07, 6.45) is 0.796. The Kier molecular flexibility index (Phi) is 10.2. The molecule has 0 aliphatic carbocycles. The van der Waals surface area contributed by atoms with Crippen molar-refractivity contribution in [1.29, 1.82) is 0 Å². The molecule has 3 rings (SSSR count). The van der Waals surface area contributed by atoms with Gasteiger partial charge in [0.25, 0.3) is 5.91 Å². The highest BCUT2D eigenvalue weighted by atomic mass is 32.1. The van der Waals surface area contributed by atoms with Gasteiger partial charge in [0.15, 0.2) is 0 Å². The van der Waals surface area contributed by atoms with E-state index in [-0.39, 0.29) is 11.7 Å². The second kappa shape index (κ2) is 13.3. The first-order valence-corrected chi connectivity index (χ1v) is 13.5. The molecule has 2 atom stereocenters. The molecule has 3 amide bonds. The van der Waals surface area contributed by atoms with Gasteiger partial charge < -0.3 is 20.3 Å². The quantitative estimate of drug-likeness (QED) is 0.279. The van der Waals surface area contributed by atoms with E-state index in [0.29, 0.717) is 24.2 Å². The molecule has 0 saturated heterocycles. The Bertz CT molecular complexity index is 1240. The highest BCUT2D eigenvalue weighted by Crippen LogP contribution is 2.26. The summed E-state index contributed by atoms with van der Waals surface area (Å²) in [7, 11) is 0. The number of nitrogens with one attached hydrogen (secondary N) is 2. The van der Waals surface area contributed by atoms with E-state index in [9.17, 15) is 14.4 Å². The van der Waals surface area contributed by atoms with Gasteiger partial charge in [-0.1, -0.05) is 74.0 Å². The average Bonchev–Trinajstić information content (AvgIpc) is 2.88. The largest absolute Gasteiger partial charge is 0.444 e. The first-order chi connectivity index (χ1) is 18.1. The molecule has 202 valence electrons. The molecule has 0 heterocycles. The lowest BCUT2D eigenvalue weighted by molar-refractivity contribution is -0.140. The van der Waals surface area contributed by atoms with Crippen LogP contribution in [-0.4, -0.2) is 46.7 Å². The van der Waals surface area contributed by atoms with Gasteiger partial charge >= 0.3 is 6.09 Å². The van der Waals surface area contributed by atoms with Crippen LogP contribution in [0, 0.1) is 0 Å². The lowest BCUT2D eigenvalue weighted by Crippen LogP contribution is -2.53. The van der Waals surface area contributed by atoms with E-state index in [1.807, 2.05) is 79.7 Å². The zero-order valence-corrected chi connectivity index (χ0v) is 23.3. The van der Waals surface area contributed by atoms with Gasteiger partial charge in [0.05, 0.1) is 0 Å². The van der Waals surface area contributed by atoms with Gasteiger partial charge in [-0.05, 0) is 55.7 Å². The number of unbranched alkanes of at least 4 members (excludes halogenated alkanes) is 1. The Morgan fingerprint density at radius 1 is 0.947 bits per heavy atom. The number of alkyl carbamates (subject to hydrolysis) is 1. The van der Waals surface area contributed by atoms with Crippen LogP contribution in [-0.2, 0) is 14.3 Å². The molecule has 7 nitrogen and oxygen atoms in total. The maximum atomic E-state index is 13.9. The molecule has 0 radical (unpaired) electrons. The van der Waals surface area contributed by atoms with Crippen molar-refractivity contribution in [2.75, 3.05) is 17.6 Å². The number of carbonyl (C=O) groups is 3. The summed E-state index contributed by atoms with van der Waals surface area (Å²) in [6.45, 7) is 7.60. The van der Waals surface area contributed by atoms with E-state index in [2.05, 4.69) is 23.3 Å². The molecule has 3 aromatic rings. The third-order valence-electron chi connectivity index (χ3n) is 5.90. The topological polar surface area (TPSA) is 87.7 Å². The van der Waals surface area contributed by atoms with Crippen molar-refractivity contribution < 1.29 is 19.1 Å². The minimum absolute atomic E-state index is 0.0501. The number of ether oxygens (including phenoxy) is 1. The minimum atomic E-state index is -0.968. The van der Waals surface area contributed by atoms with Crippen LogP contribution in [0.2, 0.25) is 0 Å². The normalized spacial score (nSPS) is 12.9. The van der Waals surface area contributed by atoms with Crippen LogP contribution in [0.15, 0.2) is 72.8 Å². The van der Waals surface area contributed by atoms with Crippen LogP contribution in [0.25, 0.3) is 10.8 Å². The molecule has 0 aliphatic rings. The minimum Gasteiger partial charge on any atom is -0.444 e. The Morgan fingerprint density at radius 2 is 1.61 bits per heavy atom. The summed E-state index contributed by atoms with van der Waals surface area (Å²) in [5, 5.41) is 7.71. The Labute approximate surface area is 230 Å². The number of hydrogen-bond donors (Lipinski definition) is 3. The van der Waals surface area contributed by atoms with Gasteiger partial charge in [-0.15, -0.1) is 0 Å². The van der Waals surface area contributed by atoms with Crippen molar-refractivity contribution in [2.24, 2.45) is 0 Å². The molecule has 2 unspecified atom stereocenters.